The Morgan fingerprint density at radius 1 is 1.88 bits per heavy atom. The van der Waals surface area contributed by atoms with Crippen LogP contribution < -0.4 is 5.32 Å². The van der Waals surface area contributed by atoms with Crippen LogP contribution in [0.5, 0.6) is 0 Å². The Bertz CT molecular complexity index is 98.7. The highest BCUT2D eigenvalue weighted by molar-refractivity contribution is 5.06. The predicted octanol–water partition coefficient (Wildman–Crippen LogP) is 0.510. The summed E-state index contributed by atoms with van der Waals surface area (Å²) >= 11 is 0. The van der Waals surface area contributed by atoms with Gasteiger partial charge in [-0.1, -0.05) is 0 Å². The number of hydrogen-bond donors (Lipinski definition) is 1. The summed E-state index contributed by atoms with van der Waals surface area (Å²) in [6.45, 7) is 1.87. The maximum absolute atomic E-state index is 4.92. The third kappa shape index (κ3) is 1.23. The van der Waals surface area contributed by atoms with Crippen LogP contribution in [-0.2, 0) is 4.74 Å². The van der Waals surface area contributed by atoms with Crippen molar-refractivity contribution in [1.82, 2.24) is 5.32 Å². The smallest absolute Gasteiger partial charge is 0.0690 e. The summed E-state index contributed by atoms with van der Waals surface area (Å²) in [5, 5.41) is 3.12. The Morgan fingerprint density at radius 2 is 2.75 bits per heavy atom. The van der Waals surface area contributed by atoms with E-state index in [9.17, 15) is 0 Å². The zero-order valence-corrected chi connectivity index (χ0v) is 5.11. The van der Waals surface area contributed by atoms with Crippen LogP contribution in [0.1, 0.15) is 6.42 Å². The van der Waals surface area contributed by atoms with Crippen LogP contribution in [0.25, 0.3) is 0 Å². The van der Waals surface area contributed by atoms with Gasteiger partial charge in [0.2, 0.25) is 0 Å². The van der Waals surface area contributed by atoms with Crippen molar-refractivity contribution in [3.63, 3.8) is 0 Å². The molecule has 0 atom stereocenters. The zero-order chi connectivity index (χ0) is 5.82. The Labute approximate surface area is 49.5 Å². The van der Waals surface area contributed by atoms with Crippen molar-refractivity contribution < 1.29 is 4.74 Å². The van der Waals surface area contributed by atoms with Gasteiger partial charge in [0.1, 0.15) is 0 Å². The van der Waals surface area contributed by atoms with E-state index in [1.165, 1.54) is 5.57 Å². The molecule has 8 heavy (non-hydrogen) atoms. The first kappa shape index (κ1) is 5.63. The van der Waals surface area contributed by atoms with Crippen molar-refractivity contribution in [2.75, 3.05) is 20.3 Å². The maximum Gasteiger partial charge on any atom is 0.0690 e. The SMILES string of the molecule is COCC1=CNCC1. The van der Waals surface area contributed by atoms with Crippen molar-refractivity contribution in [2.24, 2.45) is 0 Å². The molecular weight excluding hydrogens is 102 g/mol. The van der Waals surface area contributed by atoms with Gasteiger partial charge >= 0.3 is 0 Å². The molecule has 0 saturated carbocycles. The van der Waals surface area contributed by atoms with Crippen molar-refractivity contribution in [1.29, 1.82) is 0 Å². The molecule has 1 N–H and O–H groups in total. The highest BCUT2D eigenvalue weighted by Gasteiger charge is 2.00. The quantitative estimate of drug-likeness (QED) is 0.563. The standard InChI is InChI=1S/C6H11NO/c1-8-5-6-2-3-7-4-6/h4,7H,2-3,5H2,1H3. The minimum atomic E-state index is 0.785. The lowest BCUT2D eigenvalue weighted by molar-refractivity contribution is 0.224. The fourth-order valence-electron chi connectivity index (χ4n) is 0.821. The number of ether oxygens (including phenoxy) is 1. The fourth-order valence-corrected chi connectivity index (χ4v) is 0.821. The van der Waals surface area contributed by atoms with E-state index in [4.69, 9.17) is 4.74 Å². The molecule has 0 fully saturated rings. The van der Waals surface area contributed by atoms with Crippen molar-refractivity contribution in [3.05, 3.63) is 11.8 Å². The van der Waals surface area contributed by atoms with Gasteiger partial charge in [-0.3, -0.25) is 0 Å². The molecule has 2 nitrogen and oxygen atoms in total. The van der Waals surface area contributed by atoms with Gasteiger partial charge in [0.25, 0.3) is 0 Å². The summed E-state index contributed by atoms with van der Waals surface area (Å²) in [7, 11) is 1.72. The van der Waals surface area contributed by atoms with Crippen LogP contribution in [0.3, 0.4) is 0 Å². The molecule has 0 aromatic heterocycles. The zero-order valence-electron chi connectivity index (χ0n) is 5.11. The first-order chi connectivity index (χ1) is 3.93. The van der Waals surface area contributed by atoms with E-state index in [-0.39, 0.29) is 0 Å². The Balaban J connectivity index is 2.23. The molecule has 0 saturated heterocycles. The highest BCUT2D eigenvalue weighted by atomic mass is 16.5. The molecule has 2 heteroatoms. The molecule has 0 aromatic rings. The molecule has 0 unspecified atom stereocenters. The minimum absolute atomic E-state index is 0.785. The predicted molar refractivity (Wildman–Crippen MR) is 32.6 cm³/mol. The average Bonchev–Trinajstić information content (AvgIpc) is 2.19. The second-order valence-electron chi connectivity index (χ2n) is 1.94. The third-order valence-electron chi connectivity index (χ3n) is 1.23. The summed E-state index contributed by atoms with van der Waals surface area (Å²) in [5.74, 6) is 0. The van der Waals surface area contributed by atoms with Crippen LogP contribution in [-0.4, -0.2) is 20.3 Å². The normalized spacial score (nSPS) is 17.9. The van der Waals surface area contributed by atoms with E-state index in [2.05, 4.69) is 5.32 Å². The summed E-state index contributed by atoms with van der Waals surface area (Å²) in [4.78, 5) is 0. The van der Waals surface area contributed by atoms with Gasteiger partial charge in [-0.2, -0.15) is 0 Å². The summed E-state index contributed by atoms with van der Waals surface area (Å²) < 4.78 is 4.92. The van der Waals surface area contributed by atoms with E-state index in [1.54, 1.807) is 7.11 Å². The largest absolute Gasteiger partial charge is 0.391 e. The first-order valence-corrected chi connectivity index (χ1v) is 2.83. The molecule has 0 radical (unpaired) electrons. The van der Waals surface area contributed by atoms with E-state index in [0.29, 0.717) is 0 Å². The third-order valence-corrected chi connectivity index (χ3v) is 1.23. The Hall–Kier alpha value is -0.500. The average molecular weight is 113 g/mol. The minimum Gasteiger partial charge on any atom is -0.391 e. The molecular formula is C6H11NO. The Morgan fingerprint density at radius 3 is 3.25 bits per heavy atom. The summed E-state index contributed by atoms with van der Waals surface area (Å²) in [6.07, 6.45) is 3.18. The topological polar surface area (TPSA) is 21.3 Å². The second kappa shape index (κ2) is 2.72. The van der Waals surface area contributed by atoms with Gasteiger partial charge in [-0.15, -0.1) is 0 Å². The molecule has 1 heterocycles. The van der Waals surface area contributed by atoms with Gasteiger partial charge in [-0.05, 0) is 18.2 Å². The van der Waals surface area contributed by atoms with E-state index in [1.807, 2.05) is 6.20 Å². The van der Waals surface area contributed by atoms with Gasteiger partial charge < -0.3 is 10.1 Å². The highest BCUT2D eigenvalue weighted by Crippen LogP contribution is 2.03. The van der Waals surface area contributed by atoms with E-state index >= 15 is 0 Å². The van der Waals surface area contributed by atoms with E-state index in [0.717, 1.165) is 19.6 Å². The molecule has 0 bridgehead atoms. The molecule has 0 aromatic carbocycles. The molecule has 46 valence electrons. The number of nitrogens with one attached hydrogen (secondary N) is 1. The van der Waals surface area contributed by atoms with Gasteiger partial charge in [-0.25, -0.2) is 0 Å². The van der Waals surface area contributed by atoms with E-state index < -0.39 is 0 Å². The van der Waals surface area contributed by atoms with Crippen LogP contribution in [0, 0.1) is 0 Å². The summed E-state index contributed by atoms with van der Waals surface area (Å²) in [5.41, 5.74) is 1.37. The lowest BCUT2D eigenvalue weighted by Gasteiger charge is -1.94. The molecule has 1 aliphatic rings. The van der Waals surface area contributed by atoms with Crippen LogP contribution in [0.15, 0.2) is 11.8 Å². The van der Waals surface area contributed by atoms with Crippen molar-refractivity contribution in [2.45, 2.75) is 6.42 Å². The summed E-state index contributed by atoms with van der Waals surface area (Å²) in [6, 6.07) is 0. The lowest BCUT2D eigenvalue weighted by Crippen LogP contribution is -1.96. The van der Waals surface area contributed by atoms with Crippen LogP contribution in [0.4, 0.5) is 0 Å². The van der Waals surface area contributed by atoms with Gasteiger partial charge in [0, 0.05) is 13.7 Å². The molecule has 0 amide bonds. The van der Waals surface area contributed by atoms with Crippen molar-refractivity contribution in [3.8, 4) is 0 Å². The molecule has 0 spiro atoms. The van der Waals surface area contributed by atoms with Crippen molar-refractivity contribution >= 4 is 0 Å². The van der Waals surface area contributed by atoms with Crippen LogP contribution >= 0.6 is 0 Å². The second-order valence-corrected chi connectivity index (χ2v) is 1.94. The molecule has 0 aliphatic carbocycles. The fraction of sp³-hybridized carbons (Fsp3) is 0.667. The molecule has 1 aliphatic heterocycles. The molecule has 1 rings (SSSR count). The first-order valence-electron chi connectivity index (χ1n) is 2.83. The monoisotopic (exact) mass is 113 g/mol. The number of rotatable bonds is 2. The van der Waals surface area contributed by atoms with Crippen LogP contribution in [0.2, 0.25) is 0 Å². The number of methoxy groups -OCH3 is 1. The number of hydrogen-bond acceptors (Lipinski definition) is 2. The lowest BCUT2D eigenvalue weighted by atomic mass is 10.3. The Kier molecular flexibility index (Phi) is 1.92. The maximum atomic E-state index is 4.92. The van der Waals surface area contributed by atoms with Gasteiger partial charge in [0.15, 0.2) is 0 Å². The van der Waals surface area contributed by atoms with Gasteiger partial charge in [0.05, 0.1) is 6.61 Å².